The third-order valence-corrected chi connectivity index (χ3v) is 4.00. The van der Waals surface area contributed by atoms with Crippen LogP contribution in [0.15, 0.2) is 35.2 Å². The van der Waals surface area contributed by atoms with Gasteiger partial charge in [0, 0.05) is 13.1 Å². The number of aliphatic hydroxyl groups excluding tert-OH is 2. The molecule has 0 aromatic heterocycles. The molecule has 0 amide bonds. The summed E-state index contributed by atoms with van der Waals surface area (Å²) in [5.41, 5.74) is 0. The summed E-state index contributed by atoms with van der Waals surface area (Å²) < 4.78 is 23.7. The second-order valence-corrected chi connectivity index (χ2v) is 5.71. The molecule has 0 heterocycles. The third-order valence-electron chi connectivity index (χ3n) is 2.18. The molecule has 0 fully saturated rings. The van der Waals surface area contributed by atoms with E-state index >= 15 is 0 Å². The predicted octanol–water partition coefficient (Wildman–Crippen LogP) is -0.597. The van der Waals surface area contributed by atoms with Gasteiger partial charge in [0.15, 0.2) is 9.84 Å². The highest BCUT2D eigenvalue weighted by molar-refractivity contribution is 7.91. The Balaban J connectivity index is 2.55. The van der Waals surface area contributed by atoms with E-state index in [1.54, 1.807) is 18.2 Å². The molecule has 0 aliphatic rings. The Morgan fingerprint density at radius 3 is 2.47 bits per heavy atom. The largest absolute Gasteiger partial charge is 0.395 e. The van der Waals surface area contributed by atoms with Gasteiger partial charge in [-0.2, -0.15) is 0 Å². The summed E-state index contributed by atoms with van der Waals surface area (Å²) in [4.78, 5) is 0.209. The van der Waals surface area contributed by atoms with Crippen molar-refractivity contribution in [2.24, 2.45) is 0 Å². The molecular weight excluding hydrogens is 242 g/mol. The second-order valence-electron chi connectivity index (χ2n) is 3.68. The van der Waals surface area contributed by atoms with Crippen molar-refractivity contribution < 1.29 is 18.6 Å². The van der Waals surface area contributed by atoms with Crippen LogP contribution in [0.25, 0.3) is 0 Å². The molecule has 0 aliphatic heterocycles. The van der Waals surface area contributed by atoms with Gasteiger partial charge in [-0.3, -0.25) is 0 Å². The number of aliphatic hydroxyl groups is 2. The van der Waals surface area contributed by atoms with Crippen LogP contribution in [0.1, 0.15) is 0 Å². The fraction of sp³-hybridized carbons (Fsp3) is 0.455. The quantitative estimate of drug-likeness (QED) is 0.569. The van der Waals surface area contributed by atoms with Gasteiger partial charge >= 0.3 is 0 Å². The molecule has 0 saturated heterocycles. The monoisotopic (exact) mass is 259 g/mol. The van der Waals surface area contributed by atoms with Gasteiger partial charge in [0.2, 0.25) is 0 Å². The lowest BCUT2D eigenvalue weighted by Crippen LogP contribution is -2.33. The summed E-state index contributed by atoms with van der Waals surface area (Å²) in [6.45, 7) is 0.438. The number of sulfone groups is 1. The first-order valence-corrected chi connectivity index (χ1v) is 6.99. The van der Waals surface area contributed by atoms with Crippen molar-refractivity contribution in [1.82, 2.24) is 5.32 Å². The first-order chi connectivity index (χ1) is 8.06. The molecule has 96 valence electrons. The molecule has 1 atom stereocenters. The van der Waals surface area contributed by atoms with E-state index in [9.17, 15) is 13.5 Å². The normalized spacial score (nSPS) is 13.5. The van der Waals surface area contributed by atoms with Gasteiger partial charge in [0.05, 0.1) is 23.4 Å². The highest BCUT2D eigenvalue weighted by Gasteiger charge is 2.18. The second kappa shape index (κ2) is 6.70. The molecule has 1 unspecified atom stereocenters. The summed E-state index contributed by atoms with van der Waals surface area (Å²) >= 11 is 0. The van der Waals surface area contributed by atoms with Gasteiger partial charge < -0.3 is 15.5 Å². The van der Waals surface area contributed by atoms with Gasteiger partial charge in [0.25, 0.3) is 0 Å². The van der Waals surface area contributed by atoms with Gasteiger partial charge in [0.1, 0.15) is 0 Å². The van der Waals surface area contributed by atoms with E-state index in [4.69, 9.17) is 5.11 Å². The van der Waals surface area contributed by atoms with Crippen LogP contribution in [0, 0.1) is 0 Å². The molecule has 0 radical (unpaired) electrons. The SMILES string of the molecule is O=S(=O)(CC(O)CNCCO)c1ccccc1. The first-order valence-electron chi connectivity index (χ1n) is 5.33. The third kappa shape index (κ3) is 4.82. The van der Waals surface area contributed by atoms with Crippen LogP contribution in [0.4, 0.5) is 0 Å². The molecule has 0 bridgehead atoms. The van der Waals surface area contributed by atoms with Crippen LogP contribution in [0.5, 0.6) is 0 Å². The van der Waals surface area contributed by atoms with Crippen molar-refractivity contribution in [3.63, 3.8) is 0 Å². The zero-order valence-corrected chi connectivity index (χ0v) is 10.2. The Bertz CT molecular complexity index is 418. The van der Waals surface area contributed by atoms with Crippen molar-refractivity contribution in [2.75, 3.05) is 25.4 Å². The average Bonchev–Trinajstić information content (AvgIpc) is 2.30. The maximum absolute atomic E-state index is 11.8. The summed E-state index contributed by atoms with van der Waals surface area (Å²) in [5.74, 6) is -0.324. The highest BCUT2D eigenvalue weighted by Crippen LogP contribution is 2.10. The van der Waals surface area contributed by atoms with E-state index in [2.05, 4.69) is 5.32 Å². The lowest BCUT2D eigenvalue weighted by molar-refractivity contribution is 0.189. The lowest BCUT2D eigenvalue weighted by atomic mass is 10.4. The van der Waals surface area contributed by atoms with Crippen molar-refractivity contribution in [3.05, 3.63) is 30.3 Å². The first kappa shape index (κ1) is 14.1. The van der Waals surface area contributed by atoms with Gasteiger partial charge in [-0.05, 0) is 12.1 Å². The van der Waals surface area contributed by atoms with Crippen LogP contribution in [-0.4, -0.2) is 50.2 Å². The van der Waals surface area contributed by atoms with Crippen molar-refractivity contribution in [2.45, 2.75) is 11.0 Å². The standard InChI is InChI=1S/C11H17NO4S/c13-7-6-12-8-10(14)9-17(15,16)11-4-2-1-3-5-11/h1-5,10,12-14H,6-9H2. The van der Waals surface area contributed by atoms with Gasteiger partial charge in [-0.1, -0.05) is 18.2 Å². The molecule has 0 aliphatic carbocycles. The molecule has 0 saturated carbocycles. The van der Waals surface area contributed by atoms with E-state index < -0.39 is 15.9 Å². The Morgan fingerprint density at radius 2 is 1.88 bits per heavy atom. The Morgan fingerprint density at radius 1 is 1.24 bits per heavy atom. The predicted molar refractivity (Wildman–Crippen MR) is 64.5 cm³/mol. The summed E-state index contributed by atoms with van der Waals surface area (Å²) in [5, 5.41) is 20.8. The fourth-order valence-electron chi connectivity index (χ4n) is 1.38. The minimum absolute atomic E-state index is 0.0435. The molecule has 3 N–H and O–H groups in total. The van der Waals surface area contributed by atoms with Gasteiger partial charge in [-0.25, -0.2) is 8.42 Å². The van der Waals surface area contributed by atoms with E-state index in [1.165, 1.54) is 12.1 Å². The molecular formula is C11H17NO4S. The fourth-order valence-corrected chi connectivity index (χ4v) is 2.77. The number of nitrogens with one attached hydrogen (secondary N) is 1. The Kier molecular flexibility index (Phi) is 5.57. The zero-order chi connectivity index (χ0) is 12.7. The number of hydrogen-bond donors (Lipinski definition) is 3. The minimum atomic E-state index is -3.45. The van der Waals surface area contributed by atoms with Crippen LogP contribution in [0.3, 0.4) is 0 Å². The van der Waals surface area contributed by atoms with Crippen molar-refractivity contribution >= 4 is 9.84 Å². The minimum Gasteiger partial charge on any atom is -0.395 e. The van der Waals surface area contributed by atoms with E-state index in [-0.39, 0.29) is 23.8 Å². The van der Waals surface area contributed by atoms with E-state index in [1.807, 2.05) is 0 Å². The van der Waals surface area contributed by atoms with Gasteiger partial charge in [-0.15, -0.1) is 0 Å². The topological polar surface area (TPSA) is 86.6 Å². The number of rotatable bonds is 7. The van der Waals surface area contributed by atoms with Crippen molar-refractivity contribution in [3.8, 4) is 0 Å². The van der Waals surface area contributed by atoms with Crippen LogP contribution < -0.4 is 5.32 Å². The smallest absolute Gasteiger partial charge is 0.180 e. The molecule has 17 heavy (non-hydrogen) atoms. The lowest BCUT2D eigenvalue weighted by Gasteiger charge is -2.11. The molecule has 0 spiro atoms. The Hall–Kier alpha value is -0.950. The average molecular weight is 259 g/mol. The van der Waals surface area contributed by atoms with Crippen LogP contribution in [0.2, 0.25) is 0 Å². The Labute approximate surface area is 101 Å². The zero-order valence-electron chi connectivity index (χ0n) is 9.41. The maximum atomic E-state index is 11.8. The summed E-state index contributed by atoms with van der Waals surface area (Å²) in [6.07, 6.45) is -0.980. The summed E-state index contributed by atoms with van der Waals surface area (Å²) in [7, 11) is -3.45. The van der Waals surface area contributed by atoms with E-state index in [0.29, 0.717) is 6.54 Å². The summed E-state index contributed by atoms with van der Waals surface area (Å²) in [6, 6.07) is 8.03. The molecule has 6 heteroatoms. The van der Waals surface area contributed by atoms with Crippen LogP contribution >= 0.6 is 0 Å². The highest BCUT2D eigenvalue weighted by atomic mass is 32.2. The number of benzene rings is 1. The molecule has 1 aromatic rings. The van der Waals surface area contributed by atoms with Crippen LogP contribution in [-0.2, 0) is 9.84 Å². The van der Waals surface area contributed by atoms with Crippen molar-refractivity contribution in [1.29, 1.82) is 0 Å². The molecule has 1 rings (SSSR count). The number of hydrogen-bond acceptors (Lipinski definition) is 5. The van der Waals surface area contributed by atoms with E-state index in [0.717, 1.165) is 0 Å². The molecule has 1 aromatic carbocycles. The maximum Gasteiger partial charge on any atom is 0.180 e. The molecule has 5 nitrogen and oxygen atoms in total.